The van der Waals surface area contributed by atoms with Crippen molar-refractivity contribution in [3.63, 3.8) is 0 Å². The van der Waals surface area contributed by atoms with E-state index in [1.165, 1.54) is 0 Å². The van der Waals surface area contributed by atoms with Crippen molar-refractivity contribution in [3.8, 4) is 5.75 Å². The Morgan fingerprint density at radius 3 is 2.57 bits per heavy atom. The highest BCUT2D eigenvalue weighted by Gasteiger charge is 2.32. The van der Waals surface area contributed by atoms with Gasteiger partial charge in [0.05, 0.1) is 12.0 Å². The summed E-state index contributed by atoms with van der Waals surface area (Å²) in [5.74, 6) is -0.648. The minimum atomic E-state index is -1.01. The summed E-state index contributed by atoms with van der Waals surface area (Å²) in [4.78, 5) is 23.2. The average Bonchev–Trinajstić information content (AvgIpc) is 2.73. The van der Waals surface area contributed by atoms with Crippen molar-refractivity contribution in [1.82, 2.24) is 5.32 Å². The average molecular weight is 383 g/mol. The standard InChI is InChI=1S/C22H25NO5/c24-20(25)15-28-18-10-8-16(9-11-18)12-13-23-22(26)19-7-4-14-27-21(19)17-5-2-1-3-6-17/h1-3,5-6,8-11,19,21H,4,7,12-15H2,(H,23,26)(H,24,25). The van der Waals surface area contributed by atoms with Crippen molar-refractivity contribution in [2.24, 2.45) is 5.92 Å². The van der Waals surface area contributed by atoms with Gasteiger partial charge in [-0.05, 0) is 42.5 Å². The molecule has 1 amide bonds. The van der Waals surface area contributed by atoms with Crippen LogP contribution in [-0.2, 0) is 20.7 Å². The van der Waals surface area contributed by atoms with Gasteiger partial charge in [0, 0.05) is 13.2 Å². The van der Waals surface area contributed by atoms with E-state index in [-0.39, 0.29) is 24.5 Å². The summed E-state index contributed by atoms with van der Waals surface area (Å²) >= 11 is 0. The number of ether oxygens (including phenoxy) is 2. The van der Waals surface area contributed by atoms with E-state index in [1.54, 1.807) is 12.1 Å². The first-order valence-electron chi connectivity index (χ1n) is 9.51. The van der Waals surface area contributed by atoms with E-state index in [4.69, 9.17) is 14.6 Å². The lowest BCUT2D eigenvalue weighted by molar-refractivity contribution is -0.139. The molecule has 1 aliphatic heterocycles. The number of carbonyl (C=O) groups is 2. The van der Waals surface area contributed by atoms with Crippen LogP contribution in [0.4, 0.5) is 0 Å². The molecule has 6 heteroatoms. The summed E-state index contributed by atoms with van der Waals surface area (Å²) in [5.41, 5.74) is 2.08. The number of rotatable bonds is 8. The quantitative estimate of drug-likeness (QED) is 0.732. The number of amides is 1. The SMILES string of the molecule is O=C(O)COc1ccc(CCNC(=O)C2CCCOC2c2ccccc2)cc1. The summed E-state index contributed by atoms with van der Waals surface area (Å²) in [7, 11) is 0. The zero-order chi connectivity index (χ0) is 19.8. The van der Waals surface area contributed by atoms with Gasteiger partial charge in [-0.2, -0.15) is 0 Å². The third-order valence-corrected chi connectivity index (χ3v) is 4.79. The van der Waals surface area contributed by atoms with Crippen LogP contribution in [0.15, 0.2) is 54.6 Å². The maximum Gasteiger partial charge on any atom is 0.341 e. The summed E-state index contributed by atoms with van der Waals surface area (Å²) in [6.07, 6.45) is 2.20. The molecule has 2 atom stereocenters. The highest BCUT2D eigenvalue weighted by Crippen LogP contribution is 2.33. The number of aliphatic carboxylic acids is 1. The lowest BCUT2D eigenvalue weighted by atomic mass is 9.88. The zero-order valence-corrected chi connectivity index (χ0v) is 15.7. The van der Waals surface area contributed by atoms with Crippen LogP contribution in [0.1, 0.15) is 30.1 Å². The van der Waals surface area contributed by atoms with Crippen molar-refractivity contribution >= 4 is 11.9 Å². The lowest BCUT2D eigenvalue weighted by Gasteiger charge is -2.31. The van der Waals surface area contributed by atoms with Crippen LogP contribution < -0.4 is 10.1 Å². The molecule has 2 N–H and O–H groups in total. The Kier molecular flexibility index (Phi) is 7.03. The Morgan fingerprint density at radius 2 is 1.86 bits per heavy atom. The van der Waals surface area contributed by atoms with E-state index in [1.807, 2.05) is 42.5 Å². The molecule has 0 radical (unpaired) electrons. The van der Waals surface area contributed by atoms with Gasteiger partial charge in [0.2, 0.25) is 5.91 Å². The molecule has 1 aliphatic rings. The maximum atomic E-state index is 12.7. The lowest BCUT2D eigenvalue weighted by Crippen LogP contribution is -2.38. The molecule has 1 saturated heterocycles. The van der Waals surface area contributed by atoms with Gasteiger partial charge >= 0.3 is 5.97 Å². The number of carbonyl (C=O) groups excluding carboxylic acids is 1. The number of hydrogen-bond acceptors (Lipinski definition) is 4. The van der Waals surface area contributed by atoms with Crippen molar-refractivity contribution in [2.75, 3.05) is 19.8 Å². The first-order valence-corrected chi connectivity index (χ1v) is 9.51. The van der Waals surface area contributed by atoms with Crippen molar-refractivity contribution in [2.45, 2.75) is 25.4 Å². The van der Waals surface area contributed by atoms with Crippen LogP contribution in [0, 0.1) is 5.92 Å². The van der Waals surface area contributed by atoms with Gasteiger partial charge in [-0.3, -0.25) is 4.79 Å². The molecule has 2 aromatic rings. The Labute approximate surface area is 164 Å². The van der Waals surface area contributed by atoms with Gasteiger partial charge in [-0.15, -0.1) is 0 Å². The first kappa shape index (κ1) is 19.9. The summed E-state index contributed by atoms with van der Waals surface area (Å²) < 4.78 is 11.0. The van der Waals surface area contributed by atoms with Gasteiger partial charge < -0.3 is 19.9 Å². The smallest absolute Gasteiger partial charge is 0.341 e. The second kappa shape index (κ2) is 9.90. The van der Waals surface area contributed by atoms with Crippen molar-refractivity contribution in [1.29, 1.82) is 0 Å². The minimum absolute atomic E-state index is 0.0231. The topological polar surface area (TPSA) is 84.9 Å². The van der Waals surface area contributed by atoms with Crippen LogP contribution in [0.3, 0.4) is 0 Å². The van der Waals surface area contributed by atoms with E-state index in [0.717, 1.165) is 24.0 Å². The molecule has 2 aromatic carbocycles. The summed E-state index contributed by atoms with van der Waals surface area (Å²) in [6, 6.07) is 17.1. The van der Waals surface area contributed by atoms with Gasteiger partial charge in [0.1, 0.15) is 5.75 Å². The second-order valence-electron chi connectivity index (χ2n) is 6.82. The molecule has 0 aromatic heterocycles. The van der Waals surface area contributed by atoms with E-state index >= 15 is 0 Å². The fourth-order valence-electron chi connectivity index (χ4n) is 3.38. The largest absolute Gasteiger partial charge is 0.482 e. The minimum Gasteiger partial charge on any atom is -0.482 e. The summed E-state index contributed by atoms with van der Waals surface area (Å²) in [6.45, 7) is 0.854. The second-order valence-corrected chi connectivity index (χ2v) is 6.82. The van der Waals surface area contributed by atoms with Crippen molar-refractivity contribution in [3.05, 3.63) is 65.7 Å². The van der Waals surface area contributed by atoms with Crippen LogP contribution >= 0.6 is 0 Å². The van der Waals surface area contributed by atoms with E-state index in [9.17, 15) is 9.59 Å². The van der Waals surface area contributed by atoms with Crippen LogP contribution in [0.5, 0.6) is 5.75 Å². The highest BCUT2D eigenvalue weighted by atomic mass is 16.5. The predicted octanol–water partition coefficient (Wildman–Crippen LogP) is 2.98. The molecule has 3 rings (SSSR count). The fraction of sp³-hybridized carbons (Fsp3) is 0.364. The Balaban J connectivity index is 1.50. The van der Waals surface area contributed by atoms with Crippen LogP contribution in [0.25, 0.3) is 0 Å². The molecule has 0 bridgehead atoms. The van der Waals surface area contributed by atoms with Crippen molar-refractivity contribution < 1.29 is 24.2 Å². The van der Waals surface area contributed by atoms with E-state index in [0.29, 0.717) is 25.3 Å². The third-order valence-electron chi connectivity index (χ3n) is 4.79. The molecule has 1 heterocycles. The fourth-order valence-corrected chi connectivity index (χ4v) is 3.38. The summed E-state index contributed by atoms with van der Waals surface area (Å²) in [5, 5.41) is 11.6. The van der Waals surface area contributed by atoms with Gasteiger partial charge in [0.25, 0.3) is 0 Å². The molecule has 6 nitrogen and oxygen atoms in total. The van der Waals surface area contributed by atoms with Gasteiger partial charge in [-0.1, -0.05) is 42.5 Å². The Morgan fingerprint density at radius 1 is 1.11 bits per heavy atom. The molecule has 0 spiro atoms. The van der Waals surface area contributed by atoms with Crippen LogP contribution in [0.2, 0.25) is 0 Å². The van der Waals surface area contributed by atoms with Gasteiger partial charge in [-0.25, -0.2) is 4.79 Å². The van der Waals surface area contributed by atoms with Crippen LogP contribution in [-0.4, -0.2) is 36.7 Å². The molecule has 2 unspecified atom stereocenters. The molecule has 0 aliphatic carbocycles. The van der Waals surface area contributed by atoms with Gasteiger partial charge in [0.15, 0.2) is 6.61 Å². The number of benzene rings is 2. The first-order chi connectivity index (χ1) is 13.6. The number of nitrogens with one attached hydrogen (secondary N) is 1. The number of hydrogen-bond donors (Lipinski definition) is 2. The normalized spacial score (nSPS) is 19.0. The zero-order valence-electron chi connectivity index (χ0n) is 15.7. The number of carboxylic acid groups (broad SMARTS) is 1. The molecule has 148 valence electrons. The number of carboxylic acids is 1. The predicted molar refractivity (Wildman–Crippen MR) is 104 cm³/mol. The molecule has 28 heavy (non-hydrogen) atoms. The Bertz CT molecular complexity index is 775. The molecular formula is C22H25NO5. The van der Waals surface area contributed by atoms with E-state index in [2.05, 4.69) is 5.32 Å². The highest BCUT2D eigenvalue weighted by molar-refractivity contribution is 5.79. The molecule has 0 saturated carbocycles. The monoisotopic (exact) mass is 383 g/mol. The van der Waals surface area contributed by atoms with E-state index < -0.39 is 5.97 Å². The molecular weight excluding hydrogens is 358 g/mol. The Hall–Kier alpha value is -2.86. The molecule has 1 fully saturated rings. The third kappa shape index (κ3) is 5.57. The maximum absolute atomic E-state index is 12.7.